The number of hydrogen-bond donors (Lipinski definition) is 3. The fourth-order valence-electron chi connectivity index (χ4n) is 2.49. The first-order valence-electron chi connectivity index (χ1n) is 8.22. The van der Waals surface area contributed by atoms with Crippen molar-refractivity contribution in [3.8, 4) is 5.75 Å². The van der Waals surface area contributed by atoms with Crippen molar-refractivity contribution in [3.05, 3.63) is 18.2 Å². The molecule has 2 rings (SSSR count). The highest BCUT2D eigenvalue weighted by atomic mass is 16.5. The lowest BCUT2D eigenvalue weighted by Crippen LogP contribution is -2.36. The van der Waals surface area contributed by atoms with Crippen molar-refractivity contribution < 1.29 is 14.3 Å². The summed E-state index contributed by atoms with van der Waals surface area (Å²) >= 11 is 0. The summed E-state index contributed by atoms with van der Waals surface area (Å²) in [5.41, 5.74) is 1.26. The minimum atomic E-state index is -0.229. The van der Waals surface area contributed by atoms with E-state index in [4.69, 9.17) is 4.74 Å². The summed E-state index contributed by atoms with van der Waals surface area (Å²) < 4.78 is 5.33. The van der Waals surface area contributed by atoms with Gasteiger partial charge in [-0.25, -0.2) is 4.79 Å². The number of hydrogen-bond acceptors (Lipinski definition) is 3. The minimum Gasteiger partial charge on any atom is -0.482 e. The van der Waals surface area contributed by atoms with Crippen molar-refractivity contribution in [1.29, 1.82) is 0 Å². The third-order valence-corrected chi connectivity index (χ3v) is 3.74. The predicted molar refractivity (Wildman–Crippen MR) is 90.9 cm³/mol. The zero-order valence-corrected chi connectivity index (χ0v) is 13.8. The Bertz CT molecular complexity index is 560. The average molecular weight is 319 g/mol. The molecule has 0 spiro atoms. The molecule has 0 aromatic heterocycles. The Balaban J connectivity index is 1.80. The van der Waals surface area contributed by atoms with Crippen LogP contribution in [0.1, 0.15) is 46.0 Å². The number of ether oxygens (including phenoxy) is 1. The molecule has 1 aromatic rings. The molecule has 6 heteroatoms. The van der Waals surface area contributed by atoms with Crippen molar-refractivity contribution in [2.75, 3.05) is 17.2 Å². The maximum absolute atomic E-state index is 12.0. The average Bonchev–Trinajstić information content (AvgIpc) is 2.51. The van der Waals surface area contributed by atoms with E-state index in [1.807, 2.05) is 6.92 Å². The van der Waals surface area contributed by atoms with Gasteiger partial charge in [0.15, 0.2) is 6.61 Å². The summed E-state index contributed by atoms with van der Waals surface area (Å²) in [6, 6.07) is 5.07. The summed E-state index contributed by atoms with van der Waals surface area (Å²) in [6.07, 6.45) is 5.76. The van der Waals surface area contributed by atoms with Gasteiger partial charge in [0, 0.05) is 17.8 Å². The van der Waals surface area contributed by atoms with Crippen LogP contribution >= 0.6 is 0 Å². The zero-order chi connectivity index (χ0) is 16.7. The van der Waals surface area contributed by atoms with Gasteiger partial charge in [-0.15, -0.1) is 0 Å². The quantitative estimate of drug-likeness (QED) is 0.673. The molecule has 0 aliphatic carbocycles. The Morgan fingerprint density at radius 2 is 2.17 bits per heavy atom. The molecule has 126 valence electrons. The molecule has 3 N–H and O–H groups in total. The van der Waals surface area contributed by atoms with Crippen LogP contribution in [0.3, 0.4) is 0 Å². The van der Waals surface area contributed by atoms with E-state index in [9.17, 15) is 9.59 Å². The lowest BCUT2D eigenvalue weighted by atomic mass is 10.1. The van der Waals surface area contributed by atoms with Crippen LogP contribution in [0.2, 0.25) is 0 Å². The number of rotatable bonds is 7. The number of carbonyl (C=O) groups excluding carboxylic acids is 2. The maximum atomic E-state index is 12.0. The number of urea groups is 1. The second-order valence-electron chi connectivity index (χ2n) is 5.90. The number of benzene rings is 1. The van der Waals surface area contributed by atoms with Crippen molar-refractivity contribution in [2.24, 2.45) is 0 Å². The number of carbonyl (C=O) groups is 2. The van der Waals surface area contributed by atoms with Gasteiger partial charge in [-0.2, -0.15) is 0 Å². The molecule has 3 amide bonds. The van der Waals surface area contributed by atoms with Crippen molar-refractivity contribution in [1.82, 2.24) is 5.32 Å². The summed E-state index contributed by atoms with van der Waals surface area (Å²) in [5, 5.41) is 8.44. The Labute approximate surface area is 137 Å². The molecule has 0 saturated carbocycles. The molecule has 0 fully saturated rings. The van der Waals surface area contributed by atoms with Gasteiger partial charge in [0.25, 0.3) is 5.91 Å². The first kappa shape index (κ1) is 17.1. The van der Waals surface area contributed by atoms with E-state index in [0.29, 0.717) is 17.1 Å². The van der Waals surface area contributed by atoms with Crippen molar-refractivity contribution in [2.45, 2.75) is 52.0 Å². The summed E-state index contributed by atoms with van der Waals surface area (Å²) in [4.78, 5) is 23.2. The summed E-state index contributed by atoms with van der Waals surface area (Å²) in [6.45, 7) is 4.19. The number of amides is 3. The highest BCUT2D eigenvalue weighted by Crippen LogP contribution is 2.30. The molecule has 23 heavy (non-hydrogen) atoms. The van der Waals surface area contributed by atoms with E-state index in [1.54, 1.807) is 18.2 Å². The molecule has 0 saturated heterocycles. The standard InChI is InChI=1S/C17H25N3O3/c1-3-4-5-6-7-12(2)18-17(22)19-13-8-9-14-15(10-13)23-11-16(21)20-14/h8-10,12H,3-7,11H2,1-2H3,(H,20,21)(H2,18,19,22). The molecule has 1 aliphatic heterocycles. The molecule has 1 heterocycles. The van der Waals surface area contributed by atoms with Gasteiger partial charge in [-0.05, 0) is 25.5 Å². The molecule has 0 radical (unpaired) electrons. The summed E-state index contributed by atoms with van der Waals surface area (Å²) in [7, 11) is 0. The third-order valence-electron chi connectivity index (χ3n) is 3.74. The normalized spacial score (nSPS) is 14.3. The number of fused-ring (bicyclic) bond motifs is 1. The molecule has 1 aromatic carbocycles. The number of anilines is 2. The van der Waals surface area contributed by atoms with E-state index in [1.165, 1.54) is 19.3 Å². The minimum absolute atomic E-state index is 0.00254. The van der Waals surface area contributed by atoms with Crippen LogP contribution < -0.4 is 20.7 Å². The molecule has 1 unspecified atom stereocenters. The molecule has 0 bridgehead atoms. The molecule has 6 nitrogen and oxygen atoms in total. The van der Waals surface area contributed by atoms with Crippen LogP contribution in [0.15, 0.2) is 18.2 Å². The third kappa shape index (κ3) is 5.47. The second-order valence-corrected chi connectivity index (χ2v) is 5.90. The molecule has 1 atom stereocenters. The van der Waals surface area contributed by atoms with Gasteiger partial charge in [-0.1, -0.05) is 32.6 Å². The smallest absolute Gasteiger partial charge is 0.319 e. The van der Waals surface area contributed by atoms with E-state index >= 15 is 0 Å². The molecular formula is C17H25N3O3. The van der Waals surface area contributed by atoms with Gasteiger partial charge in [0.1, 0.15) is 5.75 Å². The predicted octanol–water partition coefficient (Wildman–Crippen LogP) is 3.50. The second kappa shape index (κ2) is 8.41. The fourth-order valence-corrected chi connectivity index (χ4v) is 2.49. The van der Waals surface area contributed by atoms with Crippen molar-refractivity contribution in [3.63, 3.8) is 0 Å². The maximum Gasteiger partial charge on any atom is 0.319 e. The molecular weight excluding hydrogens is 294 g/mol. The van der Waals surface area contributed by atoms with E-state index < -0.39 is 0 Å². The topological polar surface area (TPSA) is 79.5 Å². The highest BCUT2D eigenvalue weighted by Gasteiger charge is 2.16. The Hall–Kier alpha value is -2.24. The number of unbranched alkanes of at least 4 members (excludes halogenated alkanes) is 3. The van der Waals surface area contributed by atoms with Crippen LogP contribution in [-0.2, 0) is 4.79 Å². The Morgan fingerprint density at radius 3 is 2.96 bits per heavy atom. The SMILES string of the molecule is CCCCCCC(C)NC(=O)Nc1ccc2c(c1)OCC(=O)N2. The van der Waals surface area contributed by atoms with Crippen LogP contribution in [0.4, 0.5) is 16.2 Å². The number of nitrogens with one attached hydrogen (secondary N) is 3. The van der Waals surface area contributed by atoms with E-state index in [-0.39, 0.29) is 24.6 Å². The first-order chi connectivity index (χ1) is 11.1. The Morgan fingerprint density at radius 1 is 1.35 bits per heavy atom. The van der Waals surface area contributed by atoms with Gasteiger partial charge < -0.3 is 20.7 Å². The largest absolute Gasteiger partial charge is 0.482 e. The molecule has 1 aliphatic rings. The van der Waals surface area contributed by atoms with Crippen LogP contribution in [0, 0.1) is 0 Å². The van der Waals surface area contributed by atoms with Crippen LogP contribution in [0.25, 0.3) is 0 Å². The van der Waals surface area contributed by atoms with E-state index in [0.717, 1.165) is 12.8 Å². The van der Waals surface area contributed by atoms with Gasteiger partial charge >= 0.3 is 6.03 Å². The van der Waals surface area contributed by atoms with Gasteiger partial charge in [0.05, 0.1) is 5.69 Å². The monoisotopic (exact) mass is 319 g/mol. The highest BCUT2D eigenvalue weighted by molar-refractivity contribution is 5.96. The fraction of sp³-hybridized carbons (Fsp3) is 0.529. The Kier molecular flexibility index (Phi) is 6.26. The van der Waals surface area contributed by atoms with Gasteiger partial charge in [0.2, 0.25) is 0 Å². The van der Waals surface area contributed by atoms with Gasteiger partial charge in [-0.3, -0.25) is 4.79 Å². The van der Waals surface area contributed by atoms with Crippen LogP contribution in [-0.4, -0.2) is 24.6 Å². The van der Waals surface area contributed by atoms with Crippen LogP contribution in [0.5, 0.6) is 5.75 Å². The summed E-state index contributed by atoms with van der Waals surface area (Å²) in [5.74, 6) is 0.392. The lowest BCUT2D eigenvalue weighted by Gasteiger charge is -2.19. The zero-order valence-electron chi connectivity index (χ0n) is 13.8. The van der Waals surface area contributed by atoms with Crippen molar-refractivity contribution >= 4 is 23.3 Å². The first-order valence-corrected chi connectivity index (χ1v) is 8.22. The van der Waals surface area contributed by atoms with E-state index in [2.05, 4.69) is 22.9 Å². The lowest BCUT2D eigenvalue weighted by molar-refractivity contribution is -0.118.